The summed E-state index contributed by atoms with van der Waals surface area (Å²) in [5.41, 5.74) is 7.91. The van der Waals surface area contributed by atoms with E-state index in [2.05, 4.69) is 31.0 Å². The molecule has 8 heteroatoms. The van der Waals surface area contributed by atoms with Crippen molar-refractivity contribution in [3.05, 3.63) is 117 Å². The number of carbonyl (C=O) groups excluding carboxylic acids is 1. The highest BCUT2D eigenvalue weighted by Gasteiger charge is 2.13. The summed E-state index contributed by atoms with van der Waals surface area (Å²) in [6.45, 7) is 4.36. The normalized spacial score (nSPS) is 11.4. The summed E-state index contributed by atoms with van der Waals surface area (Å²) in [4.78, 5) is 12.5. The van der Waals surface area contributed by atoms with E-state index < -0.39 is 5.91 Å². The fraction of sp³-hybridized carbons (Fsp3) is 0.103. The number of ether oxygens (including phenoxy) is 1. The summed E-state index contributed by atoms with van der Waals surface area (Å²) >= 11 is 3.41. The zero-order chi connectivity index (χ0) is 25.9. The lowest BCUT2D eigenvalue weighted by Crippen LogP contribution is -2.16. The molecule has 0 fully saturated rings. The van der Waals surface area contributed by atoms with E-state index in [-0.39, 0.29) is 11.6 Å². The number of carbonyl (C=O) groups is 1. The maximum absolute atomic E-state index is 13.1. The maximum Gasteiger partial charge on any atom is 0.307 e. The molecule has 6 nitrogen and oxygen atoms in total. The molecule has 1 amide bonds. The van der Waals surface area contributed by atoms with Crippen LogP contribution in [0, 0.1) is 19.7 Å². The van der Waals surface area contributed by atoms with E-state index in [1.54, 1.807) is 30.5 Å². The molecule has 0 aliphatic heterocycles. The standard InChI is InChI=1S/C29H23BrFN3O3/c1-18-13-22(16-32-33-29(35)28-15-21-14-23(30)5-12-27(21)37-28)19(2)34(18)25-8-10-26(11-9-25)36-17-20-3-6-24(31)7-4-20/h3-16H,17H2,1-2H3,(H,33,35)/b32-16+. The third-order valence-corrected chi connectivity index (χ3v) is 6.45. The highest BCUT2D eigenvalue weighted by atomic mass is 79.9. The molecular formula is C29H23BrFN3O3. The van der Waals surface area contributed by atoms with Crippen molar-refractivity contribution in [3.8, 4) is 11.4 Å². The average Bonchev–Trinajstić information content (AvgIpc) is 3.44. The first kappa shape index (κ1) is 24.5. The van der Waals surface area contributed by atoms with Gasteiger partial charge in [-0.3, -0.25) is 4.79 Å². The highest BCUT2D eigenvalue weighted by Crippen LogP contribution is 2.24. The Hall–Kier alpha value is -4.17. The summed E-state index contributed by atoms with van der Waals surface area (Å²) in [7, 11) is 0. The van der Waals surface area contributed by atoms with Crippen molar-refractivity contribution < 1.29 is 18.3 Å². The van der Waals surface area contributed by atoms with Gasteiger partial charge in [0.2, 0.25) is 0 Å². The van der Waals surface area contributed by atoms with Crippen LogP contribution in [0.4, 0.5) is 4.39 Å². The van der Waals surface area contributed by atoms with E-state index in [0.717, 1.165) is 43.8 Å². The quantitative estimate of drug-likeness (QED) is 0.171. The van der Waals surface area contributed by atoms with Crippen molar-refractivity contribution in [2.45, 2.75) is 20.5 Å². The first-order valence-corrected chi connectivity index (χ1v) is 12.4. The molecule has 186 valence electrons. The molecule has 2 heterocycles. The minimum Gasteiger partial charge on any atom is -0.489 e. The predicted molar refractivity (Wildman–Crippen MR) is 145 cm³/mol. The number of hydrazone groups is 1. The van der Waals surface area contributed by atoms with Crippen molar-refractivity contribution in [1.82, 2.24) is 9.99 Å². The molecule has 0 radical (unpaired) electrons. The molecule has 0 unspecified atom stereocenters. The predicted octanol–water partition coefficient (Wildman–Crippen LogP) is 7.08. The Labute approximate surface area is 221 Å². The number of aromatic nitrogens is 1. The van der Waals surface area contributed by atoms with Gasteiger partial charge in [-0.15, -0.1) is 0 Å². The van der Waals surface area contributed by atoms with Gasteiger partial charge in [0.25, 0.3) is 0 Å². The molecule has 1 N–H and O–H groups in total. The van der Waals surface area contributed by atoms with Crippen LogP contribution in [0.1, 0.15) is 33.1 Å². The topological polar surface area (TPSA) is 68.8 Å². The van der Waals surface area contributed by atoms with Crippen LogP contribution in [0.2, 0.25) is 0 Å². The van der Waals surface area contributed by atoms with E-state index in [0.29, 0.717) is 12.2 Å². The van der Waals surface area contributed by atoms with Crippen molar-refractivity contribution >= 4 is 39.0 Å². The minimum absolute atomic E-state index is 0.192. The molecule has 0 bridgehead atoms. The number of nitrogens with one attached hydrogen (secondary N) is 1. The van der Waals surface area contributed by atoms with Crippen LogP contribution in [-0.4, -0.2) is 16.7 Å². The Kier molecular flexibility index (Phi) is 6.92. The number of benzene rings is 3. The van der Waals surface area contributed by atoms with Gasteiger partial charge in [-0.05, 0) is 86.1 Å². The van der Waals surface area contributed by atoms with E-state index in [1.807, 2.05) is 56.3 Å². The lowest BCUT2D eigenvalue weighted by molar-refractivity contribution is 0.0929. The van der Waals surface area contributed by atoms with Gasteiger partial charge in [-0.25, -0.2) is 9.82 Å². The SMILES string of the molecule is Cc1cc(/C=N/NC(=O)c2cc3cc(Br)ccc3o2)c(C)n1-c1ccc(OCc2ccc(F)cc2)cc1. The van der Waals surface area contributed by atoms with Gasteiger partial charge in [-0.1, -0.05) is 28.1 Å². The molecule has 0 atom stereocenters. The number of fused-ring (bicyclic) bond motifs is 1. The fourth-order valence-electron chi connectivity index (χ4n) is 4.10. The Balaban J connectivity index is 1.25. The van der Waals surface area contributed by atoms with Crippen LogP contribution in [0.5, 0.6) is 5.75 Å². The Morgan fingerprint density at radius 2 is 1.81 bits per heavy atom. The second-order valence-electron chi connectivity index (χ2n) is 8.56. The Bertz CT molecular complexity index is 1600. The van der Waals surface area contributed by atoms with Crippen molar-refractivity contribution in [2.75, 3.05) is 0 Å². The summed E-state index contributed by atoms with van der Waals surface area (Å²) in [6.07, 6.45) is 1.62. The highest BCUT2D eigenvalue weighted by molar-refractivity contribution is 9.10. The molecule has 5 aromatic rings. The number of rotatable bonds is 7. The average molecular weight is 560 g/mol. The third-order valence-electron chi connectivity index (χ3n) is 5.96. The zero-order valence-electron chi connectivity index (χ0n) is 20.2. The lowest BCUT2D eigenvalue weighted by atomic mass is 10.2. The number of nitrogens with zero attached hydrogens (tertiary/aromatic N) is 2. The molecular weight excluding hydrogens is 537 g/mol. The largest absolute Gasteiger partial charge is 0.489 e. The van der Waals surface area contributed by atoms with Crippen LogP contribution in [0.3, 0.4) is 0 Å². The van der Waals surface area contributed by atoms with Crippen LogP contribution in [0.15, 0.2) is 92.9 Å². The van der Waals surface area contributed by atoms with Gasteiger partial charge >= 0.3 is 5.91 Å². The first-order valence-electron chi connectivity index (χ1n) is 11.6. The summed E-state index contributed by atoms with van der Waals surface area (Å²) in [6, 6.07) is 23.2. The number of amides is 1. The molecule has 3 aromatic carbocycles. The van der Waals surface area contributed by atoms with Crippen molar-refractivity contribution in [3.63, 3.8) is 0 Å². The van der Waals surface area contributed by atoms with Gasteiger partial charge in [0.1, 0.15) is 23.8 Å². The van der Waals surface area contributed by atoms with Gasteiger partial charge in [0.15, 0.2) is 5.76 Å². The molecule has 0 spiro atoms. The molecule has 37 heavy (non-hydrogen) atoms. The second-order valence-corrected chi connectivity index (χ2v) is 9.48. The Morgan fingerprint density at radius 3 is 2.57 bits per heavy atom. The van der Waals surface area contributed by atoms with Crippen LogP contribution < -0.4 is 10.2 Å². The molecule has 0 saturated carbocycles. The van der Waals surface area contributed by atoms with Crippen LogP contribution >= 0.6 is 15.9 Å². The molecule has 0 aliphatic rings. The number of aryl methyl sites for hydroxylation is 1. The van der Waals surface area contributed by atoms with E-state index in [4.69, 9.17) is 9.15 Å². The van der Waals surface area contributed by atoms with E-state index >= 15 is 0 Å². The molecule has 0 saturated heterocycles. The van der Waals surface area contributed by atoms with Gasteiger partial charge in [-0.2, -0.15) is 5.10 Å². The first-order chi connectivity index (χ1) is 17.9. The minimum atomic E-state index is -0.423. The zero-order valence-corrected chi connectivity index (χ0v) is 21.8. The van der Waals surface area contributed by atoms with Gasteiger partial charge in [0, 0.05) is 32.5 Å². The summed E-state index contributed by atoms with van der Waals surface area (Å²) in [5.74, 6) is 0.223. The molecule has 0 aliphatic carbocycles. The molecule has 5 rings (SSSR count). The van der Waals surface area contributed by atoms with E-state index in [1.165, 1.54) is 12.1 Å². The monoisotopic (exact) mass is 559 g/mol. The number of halogens is 2. The lowest BCUT2D eigenvalue weighted by Gasteiger charge is -2.11. The Morgan fingerprint density at radius 1 is 1.05 bits per heavy atom. The second kappa shape index (κ2) is 10.4. The van der Waals surface area contributed by atoms with E-state index in [9.17, 15) is 9.18 Å². The number of hydrogen-bond donors (Lipinski definition) is 1. The van der Waals surface area contributed by atoms with Gasteiger partial charge in [0.05, 0.1) is 6.21 Å². The van der Waals surface area contributed by atoms with Crippen molar-refractivity contribution in [2.24, 2.45) is 5.10 Å². The third kappa shape index (κ3) is 5.49. The smallest absolute Gasteiger partial charge is 0.307 e. The number of furan rings is 1. The van der Waals surface area contributed by atoms with Crippen LogP contribution in [0.25, 0.3) is 16.7 Å². The summed E-state index contributed by atoms with van der Waals surface area (Å²) in [5, 5.41) is 4.97. The maximum atomic E-state index is 13.1. The molecule has 2 aromatic heterocycles. The summed E-state index contributed by atoms with van der Waals surface area (Å²) < 4.78 is 27.5. The van der Waals surface area contributed by atoms with Gasteiger partial charge < -0.3 is 13.7 Å². The number of hydrogen-bond acceptors (Lipinski definition) is 4. The fourth-order valence-corrected chi connectivity index (χ4v) is 4.47. The van der Waals surface area contributed by atoms with Crippen LogP contribution in [-0.2, 0) is 6.61 Å². The van der Waals surface area contributed by atoms with Crippen molar-refractivity contribution in [1.29, 1.82) is 0 Å².